The van der Waals surface area contributed by atoms with E-state index in [2.05, 4.69) is 0 Å². The first-order valence-electron chi connectivity index (χ1n) is 8.22. The van der Waals surface area contributed by atoms with Crippen molar-refractivity contribution in [1.29, 1.82) is 0 Å². The number of rotatable bonds is 7. The highest BCUT2D eigenvalue weighted by atomic mass is 32.2. The van der Waals surface area contributed by atoms with Crippen LogP contribution in [0.4, 0.5) is 5.69 Å². The average Bonchev–Trinajstić information content (AvgIpc) is 2.49. The lowest BCUT2D eigenvalue weighted by Gasteiger charge is -2.37. The van der Waals surface area contributed by atoms with Crippen LogP contribution >= 0.6 is 0 Å². The van der Waals surface area contributed by atoms with Gasteiger partial charge in [-0.3, -0.25) is 10.0 Å². The molecule has 0 fully saturated rings. The van der Waals surface area contributed by atoms with Gasteiger partial charge in [0.2, 0.25) is 10.0 Å². The van der Waals surface area contributed by atoms with Crippen molar-refractivity contribution in [3.05, 3.63) is 24.3 Å². The Morgan fingerprint density at radius 3 is 2.16 bits per heavy atom. The van der Waals surface area contributed by atoms with Crippen LogP contribution in [0.3, 0.4) is 0 Å². The maximum atomic E-state index is 13.2. The van der Waals surface area contributed by atoms with Gasteiger partial charge in [0.1, 0.15) is 6.04 Å². The van der Waals surface area contributed by atoms with Crippen LogP contribution in [-0.4, -0.2) is 36.4 Å². The number of nitrogens with one attached hydrogen (secondary N) is 1. The molecule has 0 heterocycles. The summed E-state index contributed by atoms with van der Waals surface area (Å²) in [6.07, 6.45) is 0.583. The molecular weight excluding hydrogens is 342 g/mol. The Hall–Kier alpha value is -1.64. The second-order valence-electron chi connectivity index (χ2n) is 7.61. The second-order valence-corrected chi connectivity index (χ2v) is 9.50. The van der Waals surface area contributed by atoms with E-state index < -0.39 is 27.4 Å². The molecule has 1 atom stereocenters. The molecule has 0 saturated heterocycles. The zero-order chi connectivity index (χ0) is 19.4. The largest absolute Gasteiger partial charge is 0.399 e. The number of carbonyl (C=O) groups is 1. The lowest BCUT2D eigenvalue weighted by atomic mass is 9.86. The summed E-state index contributed by atoms with van der Waals surface area (Å²) in [6, 6.07) is 4.80. The second kappa shape index (κ2) is 8.16. The highest BCUT2D eigenvalue weighted by Crippen LogP contribution is 2.30. The summed E-state index contributed by atoms with van der Waals surface area (Å²) < 4.78 is 27.5. The van der Waals surface area contributed by atoms with E-state index in [1.807, 2.05) is 13.8 Å². The molecule has 1 rings (SSSR count). The monoisotopic (exact) mass is 371 g/mol. The number of nitrogens with zero attached hydrogens (tertiary/aromatic N) is 1. The van der Waals surface area contributed by atoms with Crippen LogP contribution in [0.25, 0.3) is 0 Å². The van der Waals surface area contributed by atoms with E-state index in [4.69, 9.17) is 10.9 Å². The number of hydrogen-bond acceptors (Lipinski definition) is 5. The van der Waals surface area contributed by atoms with Crippen molar-refractivity contribution in [2.45, 2.75) is 52.0 Å². The summed E-state index contributed by atoms with van der Waals surface area (Å²) in [5.41, 5.74) is 6.98. The quantitative estimate of drug-likeness (QED) is 0.386. The first-order chi connectivity index (χ1) is 11.4. The number of anilines is 1. The molecule has 25 heavy (non-hydrogen) atoms. The van der Waals surface area contributed by atoms with Crippen molar-refractivity contribution in [1.82, 2.24) is 9.79 Å². The van der Waals surface area contributed by atoms with Crippen molar-refractivity contribution in [3.8, 4) is 0 Å². The van der Waals surface area contributed by atoms with Gasteiger partial charge >= 0.3 is 0 Å². The highest BCUT2D eigenvalue weighted by Gasteiger charge is 2.42. The third-order valence-electron chi connectivity index (χ3n) is 3.88. The Labute approximate surface area is 150 Å². The van der Waals surface area contributed by atoms with Crippen LogP contribution in [-0.2, 0) is 14.8 Å². The van der Waals surface area contributed by atoms with Crippen LogP contribution in [0, 0.1) is 11.3 Å². The molecule has 142 valence electrons. The molecule has 1 aromatic rings. The molecule has 0 bridgehead atoms. The van der Waals surface area contributed by atoms with Crippen LogP contribution in [0.2, 0.25) is 0 Å². The molecule has 7 nitrogen and oxygen atoms in total. The van der Waals surface area contributed by atoms with Gasteiger partial charge in [0.05, 0.1) is 4.90 Å². The molecule has 0 aromatic heterocycles. The van der Waals surface area contributed by atoms with E-state index in [9.17, 15) is 13.2 Å². The zero-order valence-electron chi connectivity index (χ0n) is 15.5. The van der Waals surface area contributed by atoms with Gasteiger partial charge in [-0.15, -0.1) is 0 Å². The summed E-state index contributed by atoms with van der Waals surface area (Å²) in [5.74, 6) is -0.503. The van der Waals surface area contributed by atoms with Gasteiger partial charge in [0, 0.05) is 12.2 Å². The van der Waals surface area contributed by atoms with E-state index in [0.29, 0.717) is 12.1 Å². The van der Waals surface area contributed by atoms with Crippen molar-refractivity contribution >= 4 is 21.6 Å². The number of hydrogen-bond donors (Lipinski definition) is 3. The molecule has 0 saturated carbocycles. The lowest BCUT2D eigenvalue weighted by Crippen LogP contribution is -2.55. The number of amides is 1. The minimum absolute atomic E-state index is 0.0606. The molecule has 0 radical (unpaired) electrons. The van der Waals surface area contributed by atoms with E-state index in [-0.39, 0.29) is 17.4 Å². The fourth-order valence-electron chi connectivity index (χ4n) is 2.57. The Balaban J connectivity index is 3.44. The fraction of sp³-hybridized carbons (Fsp3) is 0.588. The van der Waals surface area contributed by atoms with Gasteiger partial charge in [-0.05, 0) is 42.0 Å². The van der Waals surface area contributed by atoms with Gasteiger partial charge in [0.15, 0.2) is 0 Å². The summed E-state index contributed by atoms with van der Waals surface area (Å²) >= 11 is 0. The van der Waals surface area contributed by atoms with Gasteiger partial charge in [-0.25, -0.2) is 13.9 Å². The molecule has 0 aliphatic rings. The average molecular weight is 372 g/mol. The van der Waals surface area contributed by atoms with Gasteiger partial charge < -0.3 is 5.73 Å². The fourth-order valence-corrected chi connectivity index (χ4v) is 4.35. The Kier molecular flexibility index (Phi) is 6.99. The number of nitrogens with two attached hydrogens (primary N) is 1. The number of sulfonamides is 1. The summed E-state index contributed by atoms with van der Waals surface area (Å²) in [5, 5.41) is 9.13. The smallest absolute Gasteiger partial charge is 0.262 e. The molecular formula is C17H29N3O4S. The first kappa shape index (κ1) is 21.4. The summed E-state index contributed by atoms with van der Waals surface area (Å²) in [4.78, 5) is 12.4. The maximum absolute atomic E-state index is 13.2. The molecule has 4 N–H and O–H groups in total. The van der Waals surface area contributed by atoms with Crippen molar-refractivity contribution in [2.24, 2.45) is 11.3 Å². The van der Waals surface area contributed by atoms with Gasteiger partial charge in [-0.1, -0.05) is 34.6 Å². The van der Waals surface area contributed by atoms with Crippen LogP contribution in [0.1, 0.15) is 41.0 Å². The van der Waals surface area contributed by atoms with E-state index in [1.54, 1.807) is 26.3 Å². The van der Waals surface area contributed by atoms with Crippen LogP contribution in [0.5, 0.6) is 0 Å². The SMILES string of the molecule is CC(C)CCN([C@@H](C(=O)NO)C(C)(C)C)S(=O)(=O)c1ccc(N)cc1. The van der Waals surface area contributed by atoms with Crippen molar-refractivity contribution in [2.75, 3.05) is 12.3 Å². The topological polar surface area (TPSA) is 113 Å². The Morgan fingerprint density at radius 2 is 1.76 bits per heavy atom. The van der Waals surface area contributed by atoms with Crippen LogP contribution < -0.4 is 11.2 Å². The van der Waals surface area contributed by atoms with Gasteiger partial charge in [-0.2, -0.15) is 4.31 Å². The molecule has 8 heteroatoms. The number of hydroxylamine groups is 1. The lowest BCUT2D eigenvalue weighted by molar-refractivity contribution is -0.136. The number of benzene rings is 1. The number of nitrogen functional groups attached to an aromatic ring is 1. The van der Waals surface area contributed by atoms with Crippen LogP contribution in [0.15, 0.2) is 29.2 Å². The minimum Gasteiger partial charge on any atom is -0.399 e. The highest BCUT2D eigenvalue weighted by molar-refractivity contribution is 7.89. The van der Waals surface area contributed by atoms with E-state index in [0.717, 1.165) is 0 Å². The third-order valence-corrected chi connectivity index (χ3v) is 5.76. The normalized spacial score (nSPS) is 13.9. The van der Waals surface area contributed by atoms with Crippen molar-refractivity contribution in [3.63, 3.8) is 0 Å². The molecule has 0 aliphatic carbocycles. The Morgan fingerprint density at radius 1 is 1.24 bits per heavy atom. The minimum atomic E-state index is -3.95. The van der Waals surface area contributed by atoms with E-state index in [1.165, 1.54) is 28.6 Å². The molecule has 0 aliphatic heterocycles. The zero-order valence-corrected chi connectivity index (χ0v) is 16.3. The van der Waals surface area contributed by atoms with E-state index >= 15 is 0 Å². The summed E-state index contributed by atoms with van der Waals surface area (Å²) in [7, 11) is -3.95. The summed E-state index contributed by atoms with van der Waals surface area (Å²) in [6.45, 7) is 9.40. The molecule has 1 amide bonds. The third kappa shape index (κ3) is 5.42. The van der Waals surface area contributed by atoms with Gasteiger partial charge in [0.25, 0.3) is 5.91 Å². The van der Waals surface area contributed by atoms with Crippen molar-refractivity contribution < 1.29 is 18.4 Å². The molecule has 0 spiro atoms. The Bertz CT molecular complexity index is 679. The number of carbonyl (C=O) groups excluding carboxylic acids is 1. The first-order valence-corrected chi connectivity index (χ1v) is 9.66. The molecule has 0 unspecified atom stereocenters. The maximum Gasteiger partial charge on any atom is 0.262 e. The predicted octanol–water partition coefficient (Wildman–Crippen LogP) is 2.23. The predicted molar refractivity (Wildman–Crippen MR) is 97.4 cm³/mol. The molecule has 1 aromatic carbocycles. The standard InChI is InChI=1S/C17H29N3O4S/c1-12(2)10-11-20(15(16(21)19-22)17(3,4)5)25(23,24)14-8-6-13(18)7-9-14/h6-9,12,15,22H,10-11,18H2,1-5H3,(H,19,21)/t15-/m0/s1.